The highest BCUT2D eigenvalue weighted by Crippen LogP contribution is 2.26. The number of para-hydroxylation sites is 1. The maximum atomic E-state index is 12.3. The maximum absolute atomic E-state index is 12.3. The van der Waals surface area contributed by atoms with E-state index in [2.05, 4.69) is 5.32 Å². The summed E-state index contributed by atoms with van der Waals surface area (Å²) >= 11 is 0. The normalized spacial score (nSPS) is 18.4. The van der Waals surface area contributed by atoms with Crippen LogP contribution in [0.2, 0.25) is 0 Å². The molecule has 1 atom stereocenters. The summed E-state index contributed by atoms with van der Waals surface area (Å²) in [5.41, 5.74) is 1.26. The van der Waals surface area contributed by atoms with Crippen molar-refractivity contribution in [3.63, 3.8) is 0 Å². The highest BCUT2D eigenvalue weighted by atomic mass is 16.6. The van der Waals surface area contributed by atoms with E-state index in [0.29, 0.717) is 18.0 Å². The van der Waals surface area contributed by atoms with E-state index in [4.69, 9.17) is 9.47 Å². The van der Waals surface area contributed by atoms with Crippen molar-refractivity contribution >= 4 is 18.0 Å². The zero-order valence-electron chi connectivity index (χ0n) is 14.6. The molecule has 5 nitrogen and oxygen atoms in total. The molecule has 25 heavy (non-hydrogen) atoms. The van der Waals surface area contributed by atoms with Crippen molar-refractivity contribution in [1.29, 1.82) is 0 Å². The molecule has 1 amide bonds. The van der Waals surface area contributed by atoms with Gasteiger partial charge < -0.3 is 14.8 Å². The molecule has 1 aliphatic carbocycles. The first-order valence-corrected chi connectivity index (χ1v) is 9.04. The molecule has 1 N–H and O–H groups in total. The lowest BCUT2D eigenvalue weighted by molar-refractivity contribution is -0.151. The van der Waals surface area contributed by atoms with Crippen LogP contribution in [0, 0.1) is 5.92 Å². The Morgan fingerprint density at radius 3 is 2.80 bits per heavy atom. The second-order valence-electron chi connectivity index (χ2n) is 6.79. The predicted molar refractivity (Wildman–Crippen MR) is 95.1 cm³/mol. The van der Waals surface area contributed by atoms with E-state index in [1.807, 2.05) is 24.3 Å². The van der Waals surface area contributed by atoms with Gasteiger partial charge in [0, 0.05) is 12.1 Å². The summed E-state index contributed by atoms with van der Waals surface area (Å²) in [4.78, 5) is 24.4. The van der Waals surface area contributed by atoms with Gasteiger partial charge in [0.1, 0.15) is 12.4 Å². The lowest BCUT2D eigenvalue weighted by atomic mass is 9.89. The fourth-order valence-corrected chi connectivity index (χ4v) is 3.30. The number of nitrogens with one attached hydrogen (secondary N) is 1. The summed E-state index contributed by atoms with van der Waals surface area (Å²) in [6.45, 7) is 2.43. The van der Waals surface area contributed by atoms with Crippen molar-refractivity contribution in [3.05, 3.63) is 35.4 Å². The van der Waals surface area contributed by atoms with Crippen LogP contribution in [0.15, 0.2) is 29.8 Å². The third-order valence-corrected chi connectivity index (χ3v) is 4.84. The Balaban J connectivity index is 1.50. The number of esters is 1. The van der Waals surface area contributed by atoms with Gasteiger partial charge in [0.25, 0.3) is 5.91 Å². The number of fused-ring (bicyclic) bond motifs is 1. The van der Waals surface area contributed by atoms with Crippen molar-refractivity contribution in [2.45, 2.75) is 45.1 Å². The molecule has 0 radical (unpaired) electrons. The van der Waals surface area contributed by atoms with E-state index in [-0.39, 0.29) is 12.5 Å². The lowest BCUT2D eigenvalue weighted by Gasteiger charge is -2.23. The van der Waals surface area contributed by atoms with Crippen LogP contribution in [0.4, 0.5) is 0 Å². The average molecular weight is 343 g/mol. The van der Waals surface area contributed by atoms with Crippen molar-refractivity contribution in [2.75, 3.05) is 13.2 Å². The third kappa shape index (κ3) is 4.62. The molecule has 0 spiro atoms. The van der Waals surface area contributed by atoms with Gasteiger partial charge in [-0.3, -0.25) is 4.79 Å². The molecule has 1 heterocycles. The van der Waals surface area contributed by atoms with E-state index >= 15 is 0 Å². The number of carbonyl (C=O) groups excluding carboxylic acids is 2. The maximum Gasteiger partial charge on any atom is 0.338 e. The number of amides is 1. The van der Waals surface area contributed by atoms with Gasteiger partial charge in [-0.05, 0) is 37.8 Å². The van der Waals surface area contributed by atoms with Crippen LogP contribution in [0.1, 0.15) is 44.6 Å². The quantitative estimate of drug-likeness (QED) is 0.835. The highest BCUT2D eigenvalue weighted by molar-refractivity contribution is 5.96. The minimum absolute atomic E-state index is 0.159. The molecular formula is C20H25NO4. The first kappa shape index (κ1) is 17.5. The van der Waals surface area contributed by atoms with Gasteiger partial charge in [-0.15, -0.1) is 0 Å². The van der Waals surface area contributed by atoms with Gasteiger partial charge in [0.2, 0.25) is 0 Å². The topological polar surface area (TPSA) is 64.6 Å². The van der Waals surface area contributed by atoms with Gasteiger partial charge in [0.15, 0.2) is 6.10 Å². The van der Waals surface area contributed by atoms with E-state index in [9.17, 15) is 9.59 Å². The number of hydrogen-bond donors (Lipinski definition) is 1. The number of rotatable bonds is 5. The van der Waals surface area contributed by atoms with Crippen molar-refractivity contribution in [2.24, 2.45) is 5.92 Å². The second kappa shape index (κ2) is 8.19. The third-order valence-electron chi connectivity index (χ3n) is 4.84. The summed E-state index contributed by atoms with van der Waals surface area (Å²) in [6, 6.07) is 7.50. The Labute approximate surface area is 148 Å². The molecule has 0 aromatic heterocycles. The summed E-state index contributed by atoms with van der Waals surface area (Å²) in [7, 11) is 0. The number of carbonyl (C=O) groups is 2. The number of ether oxygens (including phenoxy) is 2. The first-order chi connectivity index (χ1) is 12.1. The number of hydrogen-bond acceptors (Lipinski definition) is 4. The molecule has 2 aliphatic rings. The molecule has 3 rings (SSSR count). The fourth-order valence-electron chi connectivity index (χ4n) is 3.30. The molecule has 1 saturated carbocycles. The first-order valence-electron chi connectivity index (χ1n) is 9.04. The Bertz CT molecular complexity index is 661. The van der Waals surface area contributed by atoms with Crippen LogP contribution in [0.25, 0.3) is 6.08 Å². The zero-order valence-corrected chi connectivity index (χ0v) is 14.6. The Kier molecular flexibility index (Phi) is 5.74. The molecule has 5 heteroatoms. The summed E-state index contributed by atoms with van der Waals surface area (Å²) in [6.07, 6.45) is 7.04. The molecule has 0 saturated heterocycles. The SMILES string of the molecule is CC(OC(=O)C1=Cc2ccccc2OC1)C(=O)NCC1CCCCC1. The summed E-state index contributed by atoms with van der Waals surface area (Å²) < 4.78 is 10.9. The summed E-state index contributed by atoms with van der Waals surface area (Å²) in [5, 5.41) is 2.91. The van der Waals surface area contributed by atoms with Gasteiger partial charge >= 0.3 is 5.97 Å². The summed E-state index contributed by atoms with van der Waals surface area (Å²) in [5.74, 6) is 0.551. The standard InChI is InChI=1S/C20H25NO4/c1-14(19(22)21-12-15-7-3-2-4-8-15)25-20(23)17-11-16-9-5-6-10-18(16)24-13-17/h5-6,9-11,14-15H,2-4,7-8,12-13H2,1H3,(H,21,22). The van der Waals surface area contributed by atoms with Crippen LogP contribution < -0.4 is 10.1 Å². The van der Waals surface area contributed by atoms with E-state index in [1.54, 1.807) is 13.0 Å². The van der Waals surface area contributed by atoms with Crippen molar-refractivity contribution in [1.82, 2.24) is 5.32 Å². The predicted octanol–water partition coefficient (Wildman–Crippen LogP) is 3.09. The van der Waals surface area contributed by atoms with Crippen LogP contribution in [-0.2, 0) is 14.3 Å². The van der Waals surface area contributed by atoms with Gasteiger partial charge in [-0.1, -0.05) is 37.5 Å². The average Bonchev–Trinajstić information content (AvgIpc) is 2.66. The van der Waals surface area contributed by atoms with Crippen LogP contribution in [0.3, 0.4) is 0 Å². The molecule has 1 unspecified atom stereocenters. The molecule has 0 bridgehead atoms. The largest absolute Gasteiger partial charge is 0.488 e. The van der Waals surface area contributed by atoms with E-state index in [0.717, 1.165) is 24.2 Å². The molecule has 1 aromatic carbocycles. The zero-order chi connectivity index (χ0) is 17.6. The van der Waals surface area contributed by atoms with Gasteiger partial charge in [-0.25, -0.2) is 4.79 Å². The highest BCUT2D eigenvalue weighted by Gasteiger charge is 2.24. The smallest absolute Gasteiger partial charge is 0.338 e. The van der Waals surface area contributed by atoms with Gasteiger partial charge in [-0.2, -0.15) is 0 Å². The van der Waals surface area contributed by atoms with E-state index < -0.39 is 12.1 Å². The monoisotopic (exact) mass is 343 g/mol. The minimum atomic E-state index is -0.811. The second-order valence-corrected chi connectivity index (χ2v) is 6.79. The molecule has 1 aliphatic heterocycles. The molecular weight excluding hydrogens is 318 g/mol. The Morgan fingerprint density at radius 1 is 1.24 bits per heavy atom. The van der Waals surface area contributed by atoms with Crippen molar-refractivity contribution in [3.8, 4) is 5.75 Å². The van der Waals surface area contributed by atoms with Gasteiger partial charge in [0.05, 0.1) is 5.57 Å². The van der Waals surface area contributed by atoms with Crippen LogP contribution in [-0.4, -0.2) is 31.1 Å². The lowest BCUT2D eigenvalue weighted by Crippen LogP contribution is -2.39. The van der Waals surface area contributed by atoms with Crippen molar-refractivity contribution < 1.29 is 19.1 Å². The van der Waals surface area contributed by atoms with Crippen LogP contribution in [0.5, 0.6) is 5.75 Å². The van der Waals surface area contributed by atoms with Crippen LogP contribution >= 0.6 is 0 Å². The van der Waals surface area contributed by atoms with E-state index in [1.165, 1.54) is 19.3 Å². The molecule has 1 fully saturated rings. The Morgan fingerprint density at radius 2 is 2.00 bits per heavy atom. The number of benzene rings is 1. The Hall–Kier alpha value is -2.30. The molecule has 134 valence electrons. The molecule has 1 aromatic rings. The minimum Gasteiger partial charge on any atom is -0.488 e. The fraction of sp³-hybridized carbons (Fsp3) is 0.500.